The zero-order chi connectivity index (χ0) is 13.8. The molecule has 0 aromatic heterocycles. The summed E-state index contributed by atoms with van der Waals surface area (Å²) in [6, 6.07) is 12.6. The zero-order valence-corrected chi connectivity index (χ0v) is 12.0. The summed E-state index contributed by atoms with van der Waals surface area (Å²) in [5.74, 6) is 0. The van der Waals surface area contributed by atoms with Crippen molar-refractivity contribution in [1.82, 2.24) is 0 Å². The van der Waals surface area contributed by atoms with Crippen molar-refractivity contribution in [1.29, 1.82) is 0 Å². The molecule has 0 saturated heterocycles. The normalized spacial score (nSPS) is 10.2. The number of hydrogen-bond acceptors (Lipinski definition) is 3. The molecule has 0 aliphatic rings. The Balaban J connectivity index is 2.10. The summed E-state index contributed by atoms with van der Waals surface area (Å²) >= 11 is 3.49. The van der Waals surface area contributed by atoms with E-state index in [0.717, 1.165) is 15.7 Å². The second kappa shape index (κ2) is 5.84. The van der Waals surface area contributed by atoms with Gasteiger partial charge in [-0.15, -0.1) is 0 Å². The number of halogens is 1. The summed E-state index contributed by atoms with van der Waals surface area (Å²) < 4.78 is 0.984. The van der Waals surface area contributed by atoms with Gasteiger partial charge in [-0.2, -0.15) is 0 Å². The predicted molar refractivity (Wildman–Crippen MR) is 79.3 cm³/mol. The van der Waals surface area contributed by atoms with Crippen molar-refractivity contribution in [3.63, 3.8) is 0 Å². The molecule has 1 N–H and O–H groups in total. The molecule has 0 aliphatic carbocycles. The van der Waals surface area contributed by atoms with Gasteiger partial charge in [0.2, 0.25) is 0 Å². The van der Waals surface area contributed by atoms with Crippen molar-refractivity contribution in [2.24, 2.45) is 0 Å². The number of hydrogen-bond donors (Lipinski definition) is 1. The molecule has 4 nitrogen and oxygen atoms in total. The van der Waals surface area contributed by atoms with Crippen LogP contribution in [0.4, 0.5) is 11.4 Å². The number of nitro benzene ring substituents is 1. The van der Waals surface area contributed by atoms with Crippen LogP contribution in [0, 0.1) is 17.0 Å². The molecule has 0 bridgehead atoms. The van der Waals surface area contributed by atoms with Gasteiger partial charge in [-0.05, 0) is 46.1 Å². The van der Waals surface area contributed by atoms with Crippen LogP contribution in [0.5, 0.6) is 0 Å². The minimum atomic E-state index is -0.384. The van der Waals surface area contributed by atoms with Crippen LogP contribution in [0.25, 0.3) is 0 Å². The number of benzene rings is 2. The van der Waals surface area contributed by atoms with Crippen molar-refractivity contribution in [2.75, 3.05) is 5.32 Å². The maximum absolute atomic E-state index is 10.7. The van der Waals surface area contributed by atoms with Gasteiger partial charge in [0.25, 0.3) is 5.69 Å². The van der Waals surface area contributed by atoms with Crippen molar-refractivity contribution < 1.29 is 4.92 Å². The highest BCUT2D eigenvalue weighted by Crippen LogP contribution is 2.24. The van der Waals surface area contributed by atoms with Crippen LogP contribution >= 0.6 is 15.9 Å². The van der Waals surface area contributed by atoms with Gasteiger partial charge in [-0.3, -0.25) is 10.1 Å². The quantitative estimate of drug-likeness (QED) is 0.675. The fourth-order valence-electron chi connectivity index (χ4n) is 1.74. The molecule has 2 aromatic carbocycles. The Kier molecular flexibility index (Phi) is 4.16. The highest BCUT2D eigenvalue weighted by atomic mass is 79.9. The molecule has 0 heterocycles. The Morgan fingerprint density at radius 1 is 1.26 bits per heavy atom. The summed E-state index contributed by atoms with van der Waals surface area (Å²) in [6.45, 7) is 2.57. The maximum Gasteiger partial charge on any atom is 0.269 e. The molecule has 0 radical (unpaired) electrons. The smallest absolute Gasteiger partial charge is 0.269 e. The number of nitrogens with zero attached hydrogens (tertiary/aromatic N) is 1. The van der Waals surface area contributed by atoms with Crippen LogP contribution in [0.3, 0.4) is 0 Å². The van der Waals surface area contributed by atoms with Gasteiger partial charge in [0.1, 0.15) is 0 Å². The monoisotopic (exact) mass is 320 g/mol. The van der Waals surface area contributed by atoms with Crippen LogP contribution in [-0.4, -0.2) is 4.92 Å². The van der Waals surface area contributed by atoms with Crippen molar-refractivity contribution >= 4 is 27.3 Å². The van der Waals surface area contributed by atoms with Crippen LogP contribution in [0.15, 0.2) is 46.9 Å². The highest BCUT2D eigenvalue weighted by Gasteiger charge is 2.06. The van der Waals surface area contributed by atoms with Gasteiger partial charge in [0.15, 0.2) is 0 Å². The first kappa shape index (κ1) is 13.5. The number of non-ortho nitro benzene ring substituents is 1. The van der Waals surface area contributed by atoms with E-state index in [1.807, 2.05) is 31.2 Å². The molecule has 5 heteroatoms. The average Bonchev–Trinajstić information content (AvgIpc) is 2.38. The fourth-order valence-corrected chi connectivity index (χ4v) is 2.37. The lowest BCUT2D eigenvalue weighted by molar-refractivity contribution is -0.384. The molecule has 0 atom stereocenters. The van der Waals surface area contributed by atoms with Gasteiger partial charge in [-0.25, -0.2) is 0 Å². The van der Waals surface area contributed by atoms with E-state index in [1.54, 1.807) is 12.1 Å². The first-order valence-corrected chi connectivity index (χ1v) is 6.59. The molecule has 0 spiro atoms. The maximum atomic E-state index is 10.7. The second-order valence-corrected chi connectivity index (χ2v) is 5.12. The van der Waals surface area contributed by atoms with E-state index in [1.165, 1.54) is 11.6 Å². The van der Waals surface area contributed by atoms with Gasteiger partial charge in [-0.1, -0.05) is 18.2 Å². The summed E-state index contributed by atoms with van der Waals surface area (Å²) in [7, 11) is 0. The molecule has 0 amide bonds. The molecule has 98 valence electrons. The first-order valence-electron chi connectivity index (χ1n) is 5.79. The Hall–Kier alpha value is -1.88. The standard InChI is InChI=1S/C14H13BrN2O2/c1-10-5-6-14(13(15)7-10)16-9-11-3-2-4-12(8-11)17(18)19/h2-8,16H,9H2,1H3. The molecule has 0 unspecified atom stereocenters. The average molecular weight is 321 g/mol. The van der Waals surface area contributed by atoms with E-state index < -0.39 is 0 Å². The lowest BCUT2D eigenvalue weighted by atomic mass is 10.2. The Morgan fingerprint density at radius 2 is 2.05 bits per heavy atom. The summed E-state index contributed by atoms with van der Waals surface area (Å²) in [4.78, 5) is 10.3. The van der Waals surface area contributed by atoms with Crippen LogP contribution in [0.1, 0.15) is 11.1 Å². The van der Waals surface area contributed by atoms with E-state index in [2.05, 4.69) is 21.2 Å². The van der Waals surface area contributed by atoms with Gasteiger partial charge in [0, 0.05) is 28.8 Å². The number of anilines is 1. The Morgan fingerprint density at radius 3 is 2.74 bits per heavy atom. The van der Waals surface area contributed by atoms with Crippen LogP contribution in [0.2, 0.25) is 0 Å². The molecule has 2 aromatic rings. The molecule has 19 heavy (non-hydrogen) atoms. The molecular formula is C14H13BrN2O2. The molecule has 2 rings (SSSR count). The van der Waals surface area contributed by atoms with Gasteiger partial charge < -0.3 is 5.32 Å². The fraction of sp³-hybridized carbons (Fsp3) is 0.143. The van der Waals surface area contributed by atoms with Crippen LogP contribution in [-0.2, 0) is 6.54 Å². The topological polar surface area (TPSA) is 55.2 Å². The number of aryl methyl sites for hydroxylation is 1. The Bertz CT molecular complexity index is 614. The lowest BCUT2D eigenvalue weighted by Crippen LogP contribution is -2.00. The third kappa shape index (κ3) is 3.54. The van der Waals surface area contributed by atoms with Crippen molar-refractivity contribution in [3.8, 4) is 0 Å². The van der Waals surface area contributed by atoms with Gasteiger partial charge >= 0.3 is 0 Å². The van der Waals surface area contributed by atoms with E-state index in [-0.39, 0.29) is 10.6 Å². The molecule has 0 aliphatic heterocycles. The third-order valence-electron chi connectivity index (χ3n) is 2.73. The SMILES string of the molecule is Cc1ccc(NCc2cccc([N+](=O)[O-])c2)c(Br)c1. The summed E-state index contributed by atoms with van der Waals surface area (Å²) in [5, 5.41) is 13.9. The first-order chi connectivity index (χ1) is 9.06. The largest absolute Gasteiger partial charge is 0.380 e. The van der Waals surface area contributed by atoms with Crippen molar-refractivity contribution in [3.05, 3.63) is 68.2 Å². The van der Waals surface area contributed by atoms with E-state index >= 15 is 0 Å². The second-order valence-electron chi connectivity index (χ2n) is 4.26. The Labute approximate surface area is 119 Å². The highest BCUT2D eigenvalue weighted by molar-refractivity contribution is 9.10. The van der Waals surface area contributed by atoms with E-state index in [9.17, 15) is 10.1 Å². The lowest BCUT2D eigenvalue weighted by Gasteiger charge is -2.09. The van der Waals surface area contributed by atoms with E-state index in [0.29, 0.717) is 6.54 Å². The zero-order valence-electron chi connectivity index (χ0n) is 10.4. The number of rotatable bonds is 4. The summed E-state index contributed by atoms with van der Waals surface area (Å²) in [5.41, 5.74) is 3.13. The predicted octanol–water partition coefficient (Wildman–Crippen LogP) is 4.28. The number of nitrogens with one attached hydrogen (secondary N) is 1. The van der Waals surface area contributed by atoms with Gasteiger partial charge in [0.05, 0.1) is 4.92 Å². The summed E-state index contributed by atoms with van der Waals surface area (Å²) in [6.07, 6.45) is 0. The van der Waals surface area contributed by atoms with Crippen molar-refractivity contribution in [2.45, 2.75) is 13.5 Å². The minimum Gasteiger partial charge on any atom is -0.380 e. The van der Waals surface area contributed by atoms with Crippen LogP contribution < -0.4 is 5.32 Å². The minimum absolute atomic E-state index is 0.113. The molecule has 0 saturated carbocycles. The number of nitro groups is 1. The molecular weight excluding hydrogens is 308 g/mol. The van der Waals surface area contributed by atoms with E-state index in [4.69, 9.17) is 0 Å². The molecule has 0 fully saturated rings. The third-order valence-corrected chi connectivity index (χ3v) is 3.39.